The van der Waals surface area contributed by atoms with Crippen LogP contribution in [-0.4, -0.2) is 33.2 Å². The van der Waals surface area contributed by atoms with Crippen molar-refractivity contribution < 1.29 is 27.1 Å². The van der Waals surface area contributed by atoms with Crippen LogP contribution in [-0.2, 0) is 25.1 Å². The van der Waals surface area contributed by atoms with E-state index in [4.69, 9.17) is 16.3 Å². The Morgan fingerprint density at radius 3 is 2.58 bits per heavy atom. The maximum atomic E-state index is 13.6. The fraction of sp³-hybridized carbons (Fsp3) is 0.176. The third-order valence-electron chi connectivity index (χ3n) is 3.13. The molecule has 2 aromatic carbocycles. The summed E-state index contributed by atoms with van der Waals surface area (Å²) in [6.07, 6.45) is 1.08. The van der Waals surface area contributed by atoms with Crippen LogP contribution >= 0.6 is 11.6 Å². The molecule has 0 saturated heterocycles. The first-order chi connectivity index (χ1) is 12.1. The summed E-state index contributed by atoms with van der Waals surface area (Å²) >= 11 is 5.62. The first-order valence-electron chi connectivity index (χ1n) is 7.33. The van der Waals surface area contributed by atoms with E-state index in [9.17, 15) is 22.4 Å². The Hall–Kier alpha value is -2.45. The summed E-state index contributed by atoms with van der Waals surface area (Å²) < 4.78 is 41.1. The number of carbonyl (C=O) groups is 2. The standard InChI is InChI=1S/C17H15ClFNO5S/c1-26(23,24)10-11-3-2-4-12(7-11)17(22)25-9-16(21)20-15-6-5-13(18)8-14(15)19/h2-8H,9-10H2,1H3,(H,20,21). The van der Waals surface area contributed by atoms with Gasteiger partial charge in [-0.25, -0.2) is 17.6 Å². The number of hydrogen-bond donors (Lipinski definition) is 1. The van der Waals surface area contributed by atoms with Gasteiger partial charge in [0.2, 0.25) is 0 Å². The Labute approximate surface area is 154 Å². The van der Waals surface area contributed by atoms with Crippen molar-refractivity contribution in [2.24, 2.45) is 0 Å². The number of esters is 1. The van der Waals surface area contributed by atoms with Gasteiger partial charge in [0.05, 0.1) is 17.0 Å². The van der Waals surface area contributed by atoms with Crippen LogP contribution in [0.4, 0.5) is 10.1 Å². The minimum atomic E-state index is -3.25. The Kier molecular flexibility index (Phi) is 6.33. The second-order valence-corrected chi connectivity index (χ2v) is 8.10. The van der Waals surface area contributed by atoms with Crippen LogP contribution in [0.1, 0.15) is 15.9 Å². The molecule has 9 heteroatoms. The highest BCUT2D eigenvalue weighted by Crippen LogP contribution is 2.18. The van der Waals surface area contributed by atoms with Gasteiger partial charge < -0.3 is 10.1 Å². The molecule has 0 bridgehead atoms. The summed E-state index contributed by atoms with van der Waals surface area (Å²) in [5.74, 6) is -2.46. The Bertz CT molecular complexity index is 946. The molecule has 0 unspecified atom stereocenters. The molecule has 0 saturated carbocycles. The summed E-state index contributed by atoms with van der Waals surface area (Å²) in [6.45, 7) is -0.628. The van der Waals surface area contributed by atoms with E-state index in [2.05, 4.69) is 5.32 Å². The molecule has 0 aromatic heterocycles. The van der Waals surface area contributed by atoms with E-state index in [1.165, 1.54) is 30.3 Å². The lowest BCUT2D eigenvalue weighted by molar-refractivity contribution is -0.119. The molecule has 138 valence electrons. The molecule has 2 aromatic rings. The fourth-order valence-corrected chi connectivity index (χ4v) is 3.03. The molecule has 0 aliphatic carbocycles. The molecule has 26 heavy (non-hydrogen) atoms. The number of benzene rings is 2. The minimum absolute atomic E-state index is 0.0920. The highest BCUT2D eigenvalue weighted by molar-refractivity contribution is 7.89. The van der Waals surface area contributed by atoms with Crippen LogP contribution in [0.25, 0.3) is 0 Å². The second kappa shape index (κ2) is 8.29. The smallest absolute Gasteiger partial charge is 0.338 e. The van der Waals surface area contributed by atoms with E-state index in [0.29, 0.717) is 5.56 Å². The highest BCUT2D eigenvalue weighted by atomic mass is 35.5. The average Bonchev–Trinajstić information content (AvgIpc) is 2.54. The number of sulfone groups is 1. The first kappa shape index (κ1) is 19.9. The van der Waals surface area contributed by atoms with Gasteiger partial charge in [0.25, 0.3) is 5.91 Å². The predicted octanol–water partition coefficient (Wildman–Crippen LogP) is 2.82. The fourth-order valence-electron chi connectivity index (χ4n) is 2.08. The zero-order valence-electron chi connectivity index (χ0n) is 13.7. The summed E-state index contributed by atoms with van der Waals surface area (Å²) in [5, 5.41) is 2.44. The first-order valence-corrected chi connectivity index (χ1v) is 9.76. The Morgan fingerprint density at radius 1 is 1.19 bits per heavy atom. The Balaban J connectivity index is 1.95. The summed E-state index contributed by atoms with van der Waals surface area (Å²) in [6, 6.07) is 9.61. The lowest BCUT2D eigenvalue weighted by atomic mass is 10.1. The zero-order valence-corrected chi connectivity index (χ0v) is 15.2. The highest BCUT2D eigenvalue weighted by Gasteiger charge is 2.13. The lowest BCUT2D eigenvalue weighted by Crippen LogP contribution is -2.21. The molecule has 2 rings (SSSR count). The Morgan fingerprint density at radius 2 is 1.92 bits per heavy atom. The summed E-state index contributed by atoms with van der Waals surface area (Å²) in [7, 11) is -3.25. The maximum absolute atomic E-state index is 13.6. The molecule has 0 fully saturated rings. The molecular formula is C17H15ClFNO5S. The number of hydrogen-bond acceptors (Lipinski definition) is 5. The molecule has 6 nitrogen and oxygen atoms in total. The van der Waals surface area contributed by atoms with Crippen molar-refractivity contribution in [3.05, 3.63) is 64.4 Å². The van der Waals surface area contributed by atoms with Crippen LogP contribution in [0.2, 0.25) is 5.02 Å². The minimum Gasteiger partial charge on any atom is -0.452 e. The van der Waals surface area contributed by atoms with Crippen LogP contribution in [0.3, 0.4) is 0 Å². The maximum Gasteiger partial charge on any atom is 0.338 e. The van der Waals surface area contributed by atoms with E-state index in [0.717, 1.165) is 12.3 Å². The van der Waals surface area contributed by atoms with Gasteiger partial charge in [0.1, 0.15) is 5.82 Å². The van der Waals surface area contributed by atoms with Crippen LogP contribution < -0.4 is 5.32 Å². The molecular weight excluding hydrogens is 385 g/mol. The van der Waals surface area contributed by atoms with Crippen molar-refractivity contribution in [2.45, 2.75) is 5.75 Å². The van der Waals surface area contributed by atoms with E-state index in [-0.39, 0.29) is 22.0 Å². The molecule has 0 atom stereocenters. The molecule has 0 aliphatic rings. The molecule has 0 heterocycles. The number of ether oxygens (including phenoxy) is 1. The molecule has 1 N–H and O–H groups in total. The van der Waals surface area contributed by atoms with Gasteiger partial charge in [-0.05, 0) is 35.9 Å². The number of carbonyl (C=O) groups excluding carboxylic acids is 2. The monoisotopic (exact) mass is 399 g/mol. The molecule has 1 amide bonds. The van der Waals surface area contributed by atoms with Crippen molar-refractivity contribution >= 4 is 39.0 Å². The van der Waals surface area contributed by atoms with Crippen molar-refractivity contribution in [3.63, 3.8) is 0 Å². The van der Waals surface area contributed by atoms with Gasteiger partial charge in [0.15, 0.2) is 16.4 Å². The quantitative estimate of drug-likeness (QED) is 0.754. The van der Waals surface area contributed by atoms with E-state index >= 15 is 0 Å². The summed E-state index contributed by atoms with van der Waals surface area (Å²) in [4.78, 5) is 23.8. The van der Waals surface area contributed by atoms with Crippen molar-refractivity contribution in [1.82, 2.24) is 0 Å². The largest absolute Gasteiger partial charge is 0.452 e. The normalized spacial score (nSPS) is 11.0. The van der Waals surface area contributed by atoms with E-state index < -0.39 is 34.1 Å². The van der Waals surface area contributed by atoms with Crippen molar-refractivity contribution in [1.29, 1.82) is 0 Å². The third-order valence-corrected chi connectivity index (χ3v) is 4.22. The number of nitrogens with one attached hydrogen (secondary N) is 1. The van der Waals surface area contributed by atoms with Crippen molar-refractivity contribution in [2.75, 3.05) is 18.2 Å². The van der Waals surface area contributed by atoms with Gasteiger partial charge in [0, 0.05) is 11.3 Å². The number of anilines is 1. The van der Waals surface area contributed by atoms with Gasteiger partial charge >= 0.3 is 5.97 Å². The lowest BCUT2D eigenvalue weighted by Gasteiger charge is -2.08. The van der Waals surface area contributed by atoms with Gasteiger partial charge in [-0.15, -0.1) is 0 Å². The number of halogens is 2. The number of amides is 1. The van der Waals surface area contributed by atoms with E-state index in [1.54, 1.807) is 6.07 Å². The third kappa shape index (κ3) is 6.12. The number of rotatable bonds is 6. The molecule has 0 aliphatic heterocycles. The van der Waals surface area contributed by atoms with Gasteiger partial charge in [-0.3, -0.25) is 4.79 Å². The van der Waals surface area contributed by atoms with E-state index in [1.807, 2.05) is 0 Å². The zero-order chi connectivity index (χ0) is 19.3. The van der Waals surface area contributed by atoms with Gasteiger partial charge in [-0.1, -0.05) is 23.7 Å². The van der Waals surface area contributed by atoms with Gasteiger partial charge in [-0.2, -0.15) is 0 Å². The predicted molar refractivity (Wildman–Crippen MR) is 95.3 cm³/mol. The van der Waals surface area contributed by atoms with Crippen LogP contribution in [0.5, 0.6) is 0 Å². The topological polar surface area (TPSA) is 89.5 Å². The van der Waals surface area contributed by atoms with Crippen LogP contribution in [0, 0.1) is 5.82 Å². The SMILES string of the molecule is CS(=O)(=O)Cc1cccc(C(=O)OCC(=O)Nc2ccc(Cl)cc2F)c1. The van der Waals surface area contributed by atoms with Crippen LogP contribution in [0.15, 0.2) is 42.5 Å². The molecule has 0 spiro atoms. The summed E-state index contributed by atoms with van der Waals surface area (Å²) in [5.41, 5.74) is 0.442. The average molecular weight is 400 g/mol. The molecule has 0 radical (unpaired) electrons. The second-order valence-electron chi connectivity index (χ2n) is 5.52. The van der Waals surface area contributed by atoms with Crippen molar-refractivity contribution in [3.8, 4) is 0 Å².